The van der Waals surface area contributed by atoms with Gasteiger partial charge in [0.15, 0.2) is 0 Å². The summed E-state index contributed by atoms with van der Waals surface area (Å²) in [6.07, 6.45) is -4.52. The quantitative estimate of drug-likeness (QED) is 0.722. The van der Waals surface area contributed by atoms with Gasteiger partial charge in [-0.2, -0.15) is 13.2 Å². The molecule has 0 rings (SSSR count). The molecule has 0 fully saturated rings. The van der Waals surface area contributed by atoms with E-state index < -0.39 is 47.1 Å². The van der Waals surface area contributed by atoms with Crippen LogP contribution in [0.25, 0.3) is 0 Å². The van der Waals surface area contributed by atoms with Crippen molar-refractivity contribution in [2.45, 2.75) is 13.1 Å². The summed E-state index contributed by atoms with van der Waals surface area (Å²) in [6.45, 7) is -0.189. The molecule has 0 spiro atoms. The van der Waals surface area contributed by atoms with E-state index in [0.29, 0.717) is 0 Å². The molecule has 0 radical (unpaired) electrons. The number of halogens is 3. The van der Waals surface area contributed by atoms with Gasteiger partial charge in [0.1, 0.15) is 12.3 Å². The smallest absolute Gasteiger partial charge is 0.405 e. The Labute approximate surface area is 97.8 Å². The van der Waals surface area contributed by atoms with E-state index in [9.17, 15) is 27.0 Å². The first kappa shape index (κ1) is 15.9. The predicted molar refractivity (Wildman–Crippen MR) is 53.7 cm³/mol. The van der Waals surface area contributed by atoms with Gasteiger partial charge in [-0.1, -0.05) is 6.92 Å². The Kier molecular flexibility index (Phi) is 6.14. The van der Waals surface area contributed by atoms with Crippen LogP contribution >= 0.6 is 0 Å². The third kappa shape index (κ3) is 8.66. The number of hydrogen-bond acceptors (Lipinski definition) is 3. The fourth-order valence-corrected chi connectivity index (χ4v) is 2.02. The van der Waals surface area contributed by atoms with Crippen LogP contribution in [0.2, 0.25) is 0 Å². The monoisotopic (exact) mass is 275 g/mol. The highest BCUT2D eigenvalue weighted by atomic mass is 32.2. The van der Waals surface area contributed by atoms with Crippen molar-refractivity contribution in [3.8, 4) is 0 Å². The molecule has 1 amide bonds. The summed E-state index contributed by atoms with van der Waals surface area (Å²) in [6, 6.07) is 0. The molecule has 0 bridgehead atoms. The Morgan fingerprint density at radius 1 is 1.41 bits per heavy atom. The van der Waals surface area contributed by atoms with Crippen LogP contribution in [0.3, 0.4) is 0 Å². The van der Waals surface area contributed by atoms with Gasteiger partial charge >= 0.3 is 12.1 Å². The molecule has 0 saturated carbocycles. The van der Waals surface area contributed by atoms with Gasteiger partial charge in [0.05, 0.1) is 5.92 Å². The molecule has 0 heterocycles. The first-order valence-corrected chi connectivity index (χ1v) is 6.02. The number of carboxylic acid groups (broad SMARTS) is 1. The molecule has 0 aromatic rings. The molecule has 9 heteroatoms. The molecule has 0 saturated heterocycles. The van der Waals surface area contributed by atoms with Gasteiger partial charge < -0.3 is 10.4 Å². The first-order valence-electron chi connectivity index (χ1n) is 4.53. The minimum absolute atomic E-state index is 0.269. The Hall–Kier alpha value is -1.12. The zero-order valence-corrected chi connectivity index (χ0v) is 9.73. The van der Waals surface area contributed by atoms with Crippen LogP contribution in [0.5, 0.6) is 0 Å². The summed E-state index contributed by atoms with van der Waals surface area (Å²) in [5.74, 6) is -4.00. The topological polar surface area (TPSA) is 83.5 Å². The lowest BCUT2D eigenvalue weighted by atomic mass is 10.2. The van der Waals surface area contributed by atoms with E-state index in [2.05, 4.69) is 0 Å². The van der Waals surface area contributed by atoms with E-state index in [0.717, 1.165) is 0 Å². The molecule has 0 aliphatic heterocycles. The van der Waals surface area contributed by atoms with Crippen LogP contribution in [-0.4, -0.2) is 45.4 Å². The van der Waals surface area contributed by atoms with Gasteiger partial charge in [-0.15, -0.1) is 0 Å². The number of alkyl halides is 3. The Balaban J connectivity index is 3.97. The lowest BCUT2D eigenvalue weighted by Crippen LogP contribution is -2.37. The average molecular weight is 275 g/mol. The zero-order chi connectivity index (χ0) is 13.6. The number of rotatable bonds is 6. The number of carbonyl (C=O) groups excluding carboxylic acids is 1. The van der Waals surface area contributed by atoms with E-state index in [-0.39, 0.29) is 5.75 Å². The number of aliphatic carboxylic acids is 1. The summed E-state index contributed by atoms with van der Waals surface area (Å²) in [7, 11) is -1.79. The molecule has 17 heavy (non-hydrogen) atoms. The molecule has 2 unspecified atom stereocenters. The van der Waals surface area contributed by atoms with Gasteiger partial charge in [0.25, 0.3) is 0 Å². The average Bonchev–Trinajstić information content (AvgIpc) is 2.13. The van der Waals surface area contributed by atoms with Crippen LogP contribution in [0.15, 0.2) is 0 Å². The van der Waals surface area contributed by atoms with Gasteiger partial charge in [0, 0.05) is 16.6 Å². The lowest BCUT2D eigenvalue weighted by Gasteiger charge is -2.09. The number of carbonyl (C=O) groups is 2. The molecule has 2 N–H and O–H groups in total. The second-order valence-electron chi connectivity index (χ2n) is 3.38. The fraction of sp³-hybridized carbons (Fsp3) is 0.750. The van der Waals surface area contributed by atoms with Gasteiger partial charge in [0.2, 0.25) is 5.91 Å². The largest absolute Gasteiger partial charge is 0.481 e. The molecule has 2 atom stereocenters. The Morgan fingerprint density at radius 2 is 1.94 bits per heavy atom. The highest BCUT2D eigenvalue weighted by Crippen LogP contribution is 2.12. The minimum atomic E-state index is -4.52. The summed E-state index contributed by atoms with van der Waals surface area (Å²) in [5, 5.41) is 10.0. The van der Waals surface area contributed by atoms with E-state index in [4.69, 9.17) is 5.11 Å². The van der Waals surface area contributed by atoms with Crippen LogP contribution in [0.1, 0.15) is 6.92 Å². The highest BCUT2D eigenvalue weighted by molar-refractivity contribution is 7.85. The third-order valence-corrected chi connectivity index (χ3v) is 3.09. The zero-order valence-electron chi connectivity index (χ0n) is 8.91. The van der Waals surface area contributed by atoms with Gasteiger partial charge in [-0.25, -0.2) is 0 Å². The summed E-state index contributed by atoms with van der Waals surface area (Å²) in [4.78, 5) is 21.3. The van der Waals surface area contributed by atoms with Crippen molar-refractivity contribution in [1.29, 1.82) is 0 Å². The molecule has 0 aromatic heterocycles. The summed E-state index contributed by atoms with van der Waals surface area (Å²) < 4.78 is 46.3. The van der Waals surface area contributed by atoms with Crippen molar-refractivity contribution in [2.75, 3.05) is 18.1 Å². The Morgan fingerprint density at radius 3 is 2.35 bits per heavy atom. The second-order valence-corrected chi connectivity index (χ2v) is 4.88. The van der Waals surface area contributed by atoms with Crippen molar-refractivity contribution in [1.82, 2.24) is 5.32 Å². The maximum Gasteiger partial charge on any atom is 0.405 e. The van der Waals surface area contributed by atoms with Gasteiger partial charge in [-0.3, -0.25) is 13.8 Å². The van der Waals surface area contributed by atoms with Crippen LogP contribution in [0.4, 0.5) is 13.2 Å². The van der Waals surface area contributed by atoms with Crippen molar-refractivity contribution in [3.63, 3.8) is 0 Å². The minimum Gasteiger partial charge on any atom is -0.481 e. The number of nitrogens with one attached hydrogen (secondary N) is 1. The maximum absolute atomic E-state index is 11.7. The second kappa shape index (κ2) is 6.58. The number of carboxylic acids is 1. The van der Waals surface area contributed by atoms with Crippen LogP contribution in [-0.2, 0) is 20.4 Å². The molecule has 0 aliphatic carbocycles. The molecule has 0 aromatic carbocycles. The van der Waals surface area contributed by atoms with E-state index in [1.165, 1.54) is 6.92 Å². The highest BCUT2D eigenvalue weighted by Gasteiger charge is 2.28. The van der Waals surface area contributed by atoms with E-state index >= 15 is 0 Å². The van der Waals surface area contributed by atoms with Crippen molar-refractivity contribution >= 4 is 22.7 Å². The molecular weight excluding hydrogens is 263 g/mol. The summed E-state index contributed by atoms with van der Waals surface area (Å²) in [5.41, 5.74) is 0. The maximum atomic E-state index is 11.7. The van der Waals surface area contributed by atoms with E-state index in [1.807, 2.05) is 0 Å². The van der Waals surface area contributed by atoms with E-state index in [1.54, 1.807) is 5.32 Å². The SMILES string of the molecule is CC(CS(=O)CC(=O)NCC(F)(F)F)C(=O)O. The first-order chi connectivity index (χ1) is 7.61. The normalized spacial score (nSPS) is 15.1. The number of hydrogen-bond donors (Lipinski definition) is 2. The summed E-state index contributed by atoms with van der Waals surface area (Å²) >= 11 is 0. The lowest BCUT2D eigenvalue weighted by molar-refractivity contribution is -0.140. The third-order valence-electron chi connectivity index (χ3n) is 1.64. The molecular formula is C8H12F3NO4S. The molecule has 100 valence electrons. The predicted octanol–water partition coefficient (Wildman–Crippen LogP) is 0.134. The van der Waals surface area contributed by atoms with Gasteiger partial charge in [-0.05, 0) is 0 Å². The number of amides is 1. The standard InChI is InChI=1S/C8H12F3NO4S/c1-5(7(14)15)2-17(16)3-6(13)12-4-8(9,10)11/h5H,2-4H2,1H3,(H,12,13)(H,14,15). The Bertz CT molecular complexity index is 318. The molecule has 0 aliphatic rings. The fourth-order valence-electron chi connectivity index (χ4n) is 0.805. The van der Waals surface area contributed by atoms with Crippen LogP contribution in [0, 0.1) is 5.92 Å². The van der Waals surface area contributed by atoms with Crippen molar-refractivity contribution in [2.24, 2.45) is 5.92 Å². The van der Waals surface area contributed by atoms with Crippen molar-refractivity contribution in [3.05, 3.63) is 0 Å². The molecule has 5 nitrogen and oxygen atoms in total. The van der Waals surface area contributed by atoms with Crippen molar-refractivity contribution < 1.29 is 32.1 Å². The van der Waals surface area contributed by atoms with Crippen LogP contribution < -0.4 is 5.32 Å².